The summed E-state index contributed by atoms with van der Waals surface area (Å²) in [5, 5.41) is 0.790. The van der Waals surface area contributed by atoms with Gasteiger partial charge in [0.05, 0.1) is 40.5 Å². The van der Waals surface area contributed by atoms with E-state index in [1.54, 1.807) is 0 Å². The molecule has 62 heavy (non-hydrogen) atoms. The second-order valence-electron chi connectivity index (χ2n) is 15.3. The third-order valence-corrected chi connectivity index (χ3v) is 11.7. The van der Waals surface area contributed by atoms with E-state index in [1.807, 2.05) is 53.5 Å². The highest BCUT2D eigenvalue weighted by atomic mass is 19.4. The van der Waals surface area contributed by atoms with Crippen LogP contribution in [0.25, 0.3) is 22.0 Å². The average Bonchev–Trinajstić information content (AvgIpc) is 3.94. The number of alkyl halides is 6. The lowest BCUT2D eigenvalue weighted by atomic mass is 9.87. The lowest BCUT2D eigenvalue weighted by Crippen LogP contribution is -2.49. The second kappa shape index (κ2) is 18.9. The van der Waals surface area contributed by atoms with E-state index < -0.39 is 29.4 Å². The smallest absolute Gasteiger partial charge is 0.416 e. The SMILES string of the molecule is CCN(CC)CCN1C(=O)c2nc(C3C=CC(C(F)(F)F)=CC3)oc2C2C=CC=CC21.CCN(CC)CCOc1nc2ccccc2c2oc(C3C=CC(C(F)(F)F)=CC3)nc12. The van der Waals surface area contributed by atoms with Crippen molar-refractivity contribution in [3.05, 3.63) is 119 Å². The Morgan fingerprint density at radius 3 is 1.95 bits per heavy atom. The van der Waals surface area contributed by atoms with Gasteiger partial charge in [-0.05, 0) is 51.2 Å². The van der Waals surface area contributed by atoms with Crippen LogP contribution in [0.15, 0.2) is 105 Å². The van der Waals surface area contributed by atoms with Gasteiger partial charge >= 0.3 is 12.4 Å². The molecule has 0 fully saturated rings. The lowest BCUT2D eigenvalue weighted by Gasteiger charge is -2.38. The van der Waals surface area contributed by atoms with Gasteiger partial charge in [-0.1, -0.05) is 101 Å². The van der Waals surface area contributed by atoms with Crippen LogP contribution >= 0.6 is 0 Å². The molecule has 3 aromatic heterocycles. The Morgan fingerprint density at radius 1 is 0.758 bits per heavy atom. The molecule has 16 heteroatoms. The molecule has 330 valence electrons. The fourth-order valence-corrected chi connectivity index (χ4v) is 8.02. The predicted octanol–water partition coefficient (Wildman–Crippen LogP) is 10.2. The number of benzene rings is 1. The Morgan fingerprint density at radius 2 is 1.35 bits per heavy atom. The van der Waals surface area contributed by atoms with Crippen LogP contribution < -0.4 is 4.74 Å². The minimum Gasteiger partial charge on any atom is -0.475 e. The Kier molecular flexibility index (Phi) is 13.6. The van der Waals surface area contributed by atoms with Crippen molar-refractivity contribution in [1.29, 1.82) is 0 Å². The van der Waals surface area contributed by atoms with Crippen molar-refractivity contribution in [2.75, 3.05) is 52.4 Å². The van der Waals surface area contributed by atoms with E-state index in [0.29, 0.717) is 53.2 Å². The summed E-state index contributed by atoms with van der Waals surface area (Å²) in [5.74, 6) is 0.394. The maximum absolute atomic E-state index is 13.3. The van der Waals surface area contributed by atoms with Gasteiger partial charge in [0.15, 0.2) is 16.8 Å². The number of oxazole rings is 2. The molecule has 4 atom stereocenters. The molecule has 1 aromatic carbocycles. The highest BCUT2D eigenvalue weighted by molar-refractivity contribution is 6.02. The monoisotopic (exact) mass is 864 g/mol. The third-order valence-electron chi connectivity index (χ3n) is 11.7. The molecule has 4 heterocycles. The molecule has 1 amide bonds. The van der Waals surface area contributed by atoms with E-state index in [9.17, 15) is 31.1 Å². The molecule has 4 unspecified atom stereocenters. The minimum absolute atomic E-state index is 0.133. The number of hydrogen-bond acceptors (Lipinski definition) is 9. The summed E-state index contributed by atoms with van der Waals surface area (Å²) in [7, 11) is 0. The highest BCUT2D eigenvalue weighted by Crippen LogP contribution is 2.41. The lowest BCUT2D eigenvalue weighted by molar-refractivity contribution is -0.0895. The number of aromatic nitrogens is 3. The van der Waals surface area contributed by atoms with Gasteiger partial charge in [-0.25, -0.2) is 15.0 Å². The molecule has 0 saturated heterocycles. The first-order chi connectivity index (χ1) is 29.7. The summed E-state index contributed by atoms with van der Waals surface area (Å²) in [6.45, 7) is 14.6. The number of para-hydroxylation sites is 1. The van der Waals surface area contributed by atoms with E-state index in [0.717, 1.165) is 62.9 Å². The van der Waals surface area contributed by atoms with Crippen LogP contribution in [0.1, 0.15) is 86.3 Å². The number of likely N-dealkylation sites (N-methyl/N-ethyl adjacent to an activating group) is 2. The van der Waals surface area contributed by atoms with Crippen molar-refractivity contribution in [1.82, 2.24) is 29.7 Å². The van der Waals surface area contributed by atoms with Crippen molar-refractivity contribution in [3.8, 4) is 5.88 Å². The van der Waals surface area contributed by atoms with Gasteiger partial charge in [0, 0.05) is 25.0 Å². The molecule has 0 spiro atoms. The molecule has 10 nitrogen and oxygen atoms in total. The van der Waals surface area contributed by atoms with Crippen molar-refractivity contribution in [3.63, 3.8) is 0 Å². The van der Waals surface area contributed by atoms with Gasteiger partial charge in [0.25, 0.3) is 5.91 Å². The summed E-state index contributed by atoms with van der Waals surface area (Å²) in [5.41, 5.74) is 0.708. The highest BCUT2D eigenvalue weighted by Gasteiger charge is 2.43. The first kappa shape index (κ1) is 44.6. The predicted molar refractivity (Wildman–Crippen MR) is 224 cm³/mol. The molecule has 0 bridgehead atoms. The third kappa shape index (κ3) is 9.60. The zero-order valence-electron chi connectivity index (χ0n) is 35.0. The number of nitrogens with zero attached hydrogens (tertiary/aromatic N) is 6. The molecule has 4 aromatic rings. The van der Waals surface area contributed by atoms with Gasteiger partial charge in [-0.3, -0.25) is 4.79 Å². The number of pyridine rings is 1. The molecule has 0 radical (unpaired) electrons. The van der Waals surface area contributed by atoms with Gasteiger partial charge < -0.3 is 28.3 Å². The van der Waals surface area contributed by atoms with Crippen molar-refractivity contribution >= 4 is 27.9 Å². The first-order valence-electron chi connectivity index (χ1n) is 21.1. The van der Waals surface area contributed by atoms with E-state index >= 15 is 0 Å². The standard InChI is InChI=1S/C23H26F3N3O2.C23H24F3N3O2/c1-3-28(4-2)13-14-29-18-8-6-5-7-17(18)20-19(22(29)30)27-21(31-20)15-9-11-16(12-10-15)23(24,25)26;1-3-29(4-2)13-14-30-22-19-20(17-7-5-6-8-18(17)27-22)31-21(28-19)15-9-11-16(12-10-15)23(24,25)26/h5-9,11-12,15,17-18H,3-4,10,13-14H2,1-2H3;5-9,11-12,15H,3-4,10,13-14H2,1-2H3. The van der Waals surface area contributed by atoms with Gasteiger partial charge in [-0.15, -0.1) is 0 Å². The Bertz CT molecular complexity index is 2420. The van der Waals surface area contributed by atoms with Gasteiger partial charge in [0.2, 0.25) is 17.7 Å². The summed E-state index contributed by atoms with van der Waals surface area (Å²) in [6.07, 6.45) is 6.83. The number of fused-ring (bicyclic) bond motifs is 6. The van der Waals surface area contributed by atoms with Crippen LogP contribution in [0, 0.1) is 0 Å². The van der Waals surface area contributed by atoms with Crippen molar-refractivity contribution in [2.24, 2.45) is 0 Å². The summed E-state index contributed by atoms with van der Waals surface area (Å²) in [6, 6.07) is 7.36. The molecular formula is C46H50F6N6O4. The second-order valence-corrected chi connectivity index (χ2v) is 15.3. The average molecular weight is 865 g/mol. The van der Waals surface area contributed by atoms with E-state index in [-0.39, 0.29) is 42.3 Å². The normalized spacial score (nSPS) is 21.0. The van der Waals surface area contributed by atoms with Crippen LogP contribution in [0.5, 0.6) is 5.88 Å². The maximum Gasteiger partial charge on any atom is 0.416 e. The molecular weight excluding hydrogens is 815 g/mol. The Hall–Kier alpha value is -5.48. The van der Waals surface area contributed by atoms with Crippen LogP contribution in [0.3, 0.4) is 0 Å². The Balaban J connectivity index is 0.000000186. The van der Waals surface area contributed by atoms with Crippen LogP contribution in [0.4, 0.5) is 26.3 Å². The number of ether oxygens (including phenoxy) is 1. The quantitative estimate of drug-likeness (QED) is 0.122. The number of amides is 1. The topological polar surface area (TPSA) is 101 Å². The molecule has 1 aliphatic heterocycles. The zero-order valence-corrected chi connectivity index (χ0v) is 35.0. The summed E-state index contributed by atoms with van der Waals surface area (Å²) >= 11 is 0. The van der Waals surface area contributed by atoms with E-state index in [2.05, 4.69) is 52.4 Å². The number of carbonyl (C=O) groups excluding carboxylic acids is 1. The number of rotatable bonds is 13. The minimum atomic E-state index is -4.37. The van der Waals surface area contributed by atoms with Crippen LogP contribution in [0.2, 0.25) is 0 Å². The number of halogens is 6. The van der Waals surface area contributed by atoms with Crippen molar-refractivity contribution < 1.29 is 44.7 Å². The van der Waals surface area contributed by atoms with Crippen molar-refractivity contribution in [2.45, 2.75) is 76.7 Å². The van der Waals surface area contributed by atoms with Crippen LogP contribution in [-0.4, -0.2) is 106 Å². The molecule has 8 rings (SSSR count). The fourth-order valence-electron chi connectivity index (χ4n) is 8.02. The fraction of sp³-hybridized carbons (Fsp3) is 0.435. The number of hydrogen-bond donors (Lipinski definition) is 0. The van der Waals surface area contributed by atoms with Crippen LogP contribution in [-0.2, 0) is 0 Å². The number of allylic oxidation sites excluding steroid dienone is 10. The first-order valence-corrected chi connectivity index (χ1v) is 21.1. The van der Waals surface area contributed by atoms with Gasteiger partial charge in [-0.2, -0.15) is 26.3 Å². The summed E-state index contributed by atoms with van der Waals surface area (Å²) in [4.78, 5) is 33.3. The maximum atomic E-state index is 13.3. The Labute approximate surface area is 356 Å². The zero-order chi connectivity index (χ0) is 44.2. The van der Waals surface area contributed by atoms with Gasteiger partial charge in [0.1, 0.15) is 12.4 Å². The summed E-state index contributed by atoms with van der Waals surface area (Å²) < 4.78 is 95.4. The molecule has 3 aliphatic carbocycles. The number of carbonyl (C=O) groups is 1. The largest absolute Gasteiger partial charge is 0.475 e. The molecule has 4 aliphatic rings. The van der Waals surface area contributed by atoms with E-state index in [4.69, 9.17) is 13.6 Å². The van der Waals surface area contributed by atoms with E-state index in [1.165, 1.54) is 18.2 Å². The molecule has 0 saturated carbocycles. The molecule has 0 N–H and O–H groups in total.